The highest BCUT2D eigenvalue weighted by molar-refractivity contribution is 6.42. The smallest absolute Gasteiger partial charge is 0.124 e. The molecule has 1 atom stereocenters. The minimum atomic E-state index is -0.351. The highest BCUT2D eigenvalue weighted by Crippen LogP contribution is 2.29. The van der Waals surface area contributed by atoms with Gasteiger partial charge in [0.05, 0.1) is 10.0 Å². The molecule has 0 heterocycles. The number of benzene rings is 2. The van der Waals surface area contributed by atoms with Crippen LogP contribution in [0.5, 0.6) is 0 Å². The van der Waals surface area contributed by atoms with Crippen molar-refractivity contribution in [1.29, 1.82) is 0 Å². The van der Waals surface area contributed by atoms with Crippen LogP contribution in [0.1, 0.15) is 18.5 Å². The van der Waals surface area contributed by atoms with Gasteiger partial charge in [-0.2, -0.15) is 0 Å². The van der Waals surface area contributed by atoms with E-state index in [1.807, 2.05) is 13.0 Å². The van der Waals surface area contributed by atoms with E-state index in [0.29, 0.717) is 15.1 Å². The molecule has 100 valence electrons. The van der Waals surface area contributed by atoms with Gasteiger partial charge in [0.1, 0.15) is 5.82 Å². The zero-order valence-electron chi connectivity index (χ0n) is 10.1. The van der Waals surface area contributed by atoms with Crippen LogP contribution in [-0.2, 0) is 0 Å². The average Bonchev–Trinajstić information content (AvgIpc) is 2.33. The summed E-state index contributed by atoms with van der Waals surface area (Å²) in [5, 5.41) is 4.60. The summed E-state index contributed by atoms with van der Waals surface area (Å²) in [6, 6.07) is 9.53. The molecule has 0 saturated heterocycles. The minimum Gasteiger partial charge on any atom is -0.378 e. The fraction of sp³-hybridized carbons (Fsp3) is 0.143. The van der Waals surface area contributed by atoms with E-state index in [1.54, 1.807) is 18.2 Å². The maximum atomic E-state index is 13.0. The molecular formula is C14H11Cl3FN. The summed E-state index contributed by atoms with van der Waals surface area (Å²) in [5.41, 5.74) is 1.64. The summed E-state index contributed by atoms with van der Waals surface area (Å²) in [4.78, 5) is 0. The predicted octanol–water partition coefficient (Wildman–Crippen LogP) is 5.96. The molecule has 1 nitrogen and oxygen atoms in total. The van der Waals surface area contributed by atoms with Crippen molar-refractivity contribution in [3.05, 3.63) is 62.8 Å². The Balaban J connectivity index is 2.20. The van der Waals surface area contributed by atoms with E-state index in [2.05, 4.69) is 5.32 Å². The van der Waals surface area contributed by atoms with E-state index in [0.717, 1.165) is 11.3 Å². The third kappa shape index (κ3) is 3.53. The van der Waals surface area contributed by atoms with Crippen LogP contribution in [0.25, 0.3) is 0 Å². The molecule has 0 saturated carbocycles. The molecular weight excluding hydrogens is 308 g/mol. The van der Waals surface area contributed by atoms with Crippen molar-refractivity contribution in [3.8, 4) is 0 Å². The van der Waals surface area contributed by atoms with Crippen LogP contribution in [0.15, 0.2) is 36.4 Å². The highest BCUT2D eigenvalue weighted by atomic mass is 35.5. The largest absolute Gasteiger partial charge is 0.378 e. The van der Waals surface area contributed by atoms with Gasteiger partial charge in [0.15, 0.2) is 0 Å². The third-order valence-electron chi connectivity index (χ3n) is 2.73. The summed E-state index contributed by atoms with van der Waals surface area (Å²) in [5.74, 6) is -0.351. The molecule has 0 radical (unpaired) electrons. The number of anilines is 1. The van der Waals surface area contributed by atoms with Gasteiger partial charge >= 0.3 is 0 Å². The van der Waals surface area contributed by atoms with Crippen LogP contribution < -0.4 is 5.32 Å². The highest BCUT2D eigenvalue weighted by Gasteiger charge is 2.11. The van der Waals surface area contributed by atoms with Crippen molar-refractivity contribution in [2.75, 3.05) is 5.32 Å². The molecule has 1 unspecified atom stereocenters. The first-order chi connectivity index (χ1) is 8.97. The number of rotatable bonds is 3. The number of nitrogens with one attached hydrogen (secondary N) is 1. The van der Waals surface area contributed by atoms with Crippen molar-refractivity contribution < 1.29 is 4.39 Å². The monoisotopic (exact) mass is 317 g/mol. The van der Waals surface area contributed by atoms with Gasteiger partial charge in [-0.05, 0) is 42.8 Å². The van der Waals surface area contributed by atoms with Gasteiger partial charge in [-0.25, -0.2) is 4.39 Å². The minimum absolute atomic E-state index is 0.0784. The van der Waals surface area contributed by atoms with E-state index in [1.165, 1.54) is 12.1 Å². The Labute approximate surface area is 126 Å². The SMILES string of the molecule is CC(Nc1ccc(Cl)c(Cl)c1)c1ccc(F)cc1Cl. The van der Waals surface area contributed by atoms with Gasteiger partial charge in [0.25, 0.3) is 0 Å². The van der Waals surface area contributed by atoms with Gasteiger partial charge in [-0.1, -0.05) is 40.9 Å². The first-order valence-electron chi connectivity index (χ1n) is 5.64. The standard InChI is InChI=1S/C14H11Cl3FN/c1-8(11-4-2-9(18)6-13(11)16)19-10-3-5-12(15)14(17)7-10/h2-8,19H,1H3. The normalized spacial score (nSPS) is 12.3. The van der Waals surface area contributed by atoms with Gasteiger partial charge in [-0.15, -0.1) is 0 Å². The number of hydrogen-bond donors (Lipinski definition) is 1. The van der Waals surface area contributed by atoms with Crippen LogP contribution in [-0.4, -0.2) is 0 Å². The van der Waals surface area contributed by atoms with Crippen molar-refractivity contribution >= 4 is 40.5 Å². The Kier molecular flexibility index (Phi) is 4.56. The molecule has 2 rings (SSSR count). The Morgan fingerprint density at radius 1 is 0.947 bits per heavy atom. The van der Waals surface area contributed by atoms with Gasteiger partial charge in [0, 0.05) is 16.8 Å². The topological polar surface area (TPSA) is 12.0 Å². The van der Waals surface area contributed by atoms with E-state index in [4.69, 9.17) is 34.8 Å². The first-order valence-corrected chi connectivity index (χ1v) is 6.77. The van der Waals surface area contributed by atoms with Crippen LogP contribution in [0.3, 0.4) is 0 Å². The van der Waals surface area contributed by atoms with Crippen LogP contribution in [0.4, 0.5) is 10.1 Å². The Morgan fingerprint density at radius 3 is 2.32 bits per heavy atom. The summed E-state index contributed by atoms with van der Waals surface area (Å²) in [7, 11) is 0. The molecule has 19 heavy (non-hydrogen) atoms. The van der Waals surface area contributed by atoms with Crippen LogP contribution in [0, 0.1) is 5.82 Å². The predicted molar refractivity (Wildman–Crippen MR) is 79.9 cm³/mol. The van der Waals surface area contributed by atoms with E-state index in [-0.39, 0.29) is 11.9 Å². The van der Waals surface area contributed by atoms with E-state index < -0.39 is 0 Å². The third-order valence-corrected chi connectivity index (χ3v) is 3.80. The van der Waals surface area contributed by atoms with Crippen molar-refractivity contribution in [2.24, 2.45) is 0 Å². The van der Waals surface area contributed by atoms with Gasteiger partial charge in [0.2, 0.25) is 0 Å². The van der Waals surface area contributed by atoms with Crippen LogP contribution >= 0.6 is 34.8 Å². The summed E-state index contributed by atoms with van der Waals surface area (Å²) >= 11 is 17.8. The molecule has 2 aromatic carbocycles. The zero-order valence-corrected chi connectivity index (χ0v) is 12.3. The molecule has 2 aromatic rings. The molecule has 5 heteroatoms. The van der Waals surface area contributed by atoms with Gasteiger partial charge < -0.3 is 5.32 Å². The summed E-state index contributed by atoms with van der Waals surface area (Å²) < 4.78 is 13.0. The average molecular weight is 319 g/mol. The molecule has 0 aliphatic heterocycles. The Morgan fingerprint density at radius 2 is 1.68 bits per heavy atom. The molecule has 0 bridgehead atoms. The molecule has 1 N–H and O–H groups in total. The summed E-state index contributed by atoms with van der Waals surface area (Å²) in [6.07, 6.45) is 0. The summed E-state index contributed by atoms with van der Waals surface area (Å²) in [6.45, 7) is 1.93. The van der Waals surface area contributed by atoms with Crippen molar-refractivity contribution in [1.82, 2.24) is 0 Å². The maximum absolute atomic E-state index is 13.0. The number of hydrogen-bond acceptors (Lipinski definition) is 1. The molecule has 0 amide bonds. The number of halogens is 4. The maximum Gasteiger partial charge on any atom is 0.124 e. The second-order valence-electron chi connectivity index (χ2n) is 4.16. The molecule has 0 spiro atoms. The lowest BCUT2D eigenvalue weighted by Gasteiger charge is -2.17. The lowest BCUT2D eigenvalue weighted by molar-refractivity contribution is 0.626. The molecule has 0 aliphatic carbocycles. The molecule has 0 aliphatic rings. The van der Waals surface area contributed by atoms with E-state index >= 15 is 0 Å². The second kappa shape index (κ2) is 6.00. The fourth-order valence-corrected chi connectivity index (χ4v) is 2.40. The second-order valence-corrected chi connectivity index (χ2v) is 5.38. The Bertz CT molecular complexity index is 601. The molecule has 0 fully saturated rings. The lowest BCUT2D eigenvalue weighted by Crippen LogP contribution is -2.07. The molecule has 0 aromatic heterocycles. The quantitative estimate of drug-likeness (QED) is 0.736. The first kappa shape index (κ1) is 14.4. The zero-order chi connectivity index (χ0) is 14.0. The van der Waals surface area contributed by atoms with Crippen molar-refractivity contribution in [3.63, 3.8) is 0 Å². The van der Waals surface area contributed by atoms with Gasteiger partial charge in [-0.3, -0.25) is 0 Å². The van der Waals surface area contributed by atoms with E-state index in [9.17, 15) is 4.39 Å². The van der Waals surface area contributed by atoms with Crippen molar-refractivity contribution in [2.45, 2.75) is 13.0 Å². The fourth-order valence-electron chi connectivity index (χ4n) is 1.77. The Hall–Kier alpha value is -0.960. The lowest BCUT2D eigenvalue weighted by atomic mass is 10.1. The van der Waals surface area contributed by atoms with Crippen LogP contribution in [0.2, 0.25) is 15.1 Å².